The van der Waals surface area contributed by atoms with Crippen LogP contribution >= 0.6 is 15.9 Å². The first-order valence-electron chi connectivity index (χ1n) is 6.03. The van der Waals surface area contributed by atoms with Gasteiger partial charge in [0, 0.05) is 6.20 Å². The molecule has 0 unspecified atom stereocenters. The number of nitrogens with one attached hydrogen (secondary N) is 1. The second-order valence-electron chi connectivity index (χ2n) is 4.27. The Morgan fingerprint density at radius 1 is 1.29 bits per heavy atom. The number of benzene rings is 1. The van der Waals surface area contributed by atoms with Gasteiger partial charge in [0.2, 0.25) is 10.0 Å². The molecule has 1 aromatic carbocycles. The maximum atomic E-state index is 12.2. The van der Waals surface area contributed by atoms with E-state index in [0.29, 0.717) is 15.9 Å². The average Bonchev–Trinajstić information content (AvgIpc) is 2.46. The van der Waals surface area contributed by atoms with Crippen molar-refractivity contribution in [1.29, 1.82) is 0 Å². The van der Waals surface area contributed by atoms with Crippen LogP contribution < -0.4 is 9.46 Å². The van der Waals surface area contributed by atoms with Gasteiger partial charge >= 0.3 is 0 Å². The maximum absolute atomic E-state index is 12.2. The fraction of sp³-hybridized carbons (Fsp3) is 0.231. The zero-order chi connectivity index (χ0) is 15.5. The summed E-state index contributed by atoms with van der Waals surface area (Å²) in [5.41, 5.74) is 1.33. The summed E-state index contributed by atoms with van der Waals surface area (Å²) in [5, 5.41) is 0. The molecule has 1 aromatic heterocycles. The SMILES string of the molecule is COc1ccc(S(=O)(=O)NCc2cnc(C)cn2)cc1Br. The lowest BCUT2D eigenvalue weighted by Gasteiger charge is -2.08. The van der Waals surface area contributed by atoms with Gasteiger partial charge in [-0.15, -0.1) is 0 Å². The quantitative estimate of drug-likeness (QED) is 0.869. The van der Waals surface area contributed by atoms with E-state index in [1.807, 2.05) is 6.92 Å². The van der Waals surface area contributed by atoms with Crippen LogP contribution in [0.15, 0.2) is 40.0 Å². The largest absolute Gasteiger partial charge is 0.496 e. The van der Waals surface area contributed by atoms with Crippen molar-refractivity contribution in [3.8, 4) is 5.75 Å². The number of rotatable bonds is 5. The topological polar surface area (TPSA) is 81.2 Å². The number of hydrogen-bond donors (Lipinski definition) is 1. The van der Waals surface area contributed by atoms with Gasteiger partial charge in [-0.25, -0.2) is 13.1 Å². The summed E-state index contributed by atoms with van der Waals surface area (Å²) in [6.07, 6.45) is 3.13. The van der Waals surface area contributed by atoms with Crippen molar-refractivity contribution in [3.63, 3.8) is 0 Å². The number of sulfonamides is 1. The number of nitrogens with zero attached hydrogens (tertiary/aromatic N) is 2. The van der Waals surface area contributed by atoms with E-state index in [-0.39, 0.29) is 11.4 Å². The molecule has 1 N–H and O–H groups in total. The third-order valence-electron chi connectivity index (χ3n) is 2.71. The van der Waals surface area contributed by atoms with Crippen LogP contribution in [0.5, 0.6) is 5.75 Å². The Kier molecular flexibility index (Phi) is 4.92. The molecule has 8 heteroatoms. The molecular weight excluding hydrogens is 358 g/mol. The third-order valence-corrected chi connectivity index (χ3v) is 4.73. The first kappa shape index (κ1) is 15.9. The van der Waals surface area contributed by atoms with Crippen molar-refractivity contribution in [2.24, 2.45) is 0 Å². The highest BCUT2D eigenvalue weighted by atomic mass is 79.9. The molecule has 0 aliphatic heterocycles. The molecule has 0 spiro atoms. The van der Waals surface area contributed by atoms with Gasteiger partial charge in [0.1, 0.15) is 5.75 Å². The van der Waals surface area contributed by atoms with Crippen molar-refractivity contribution in [2.75, 3.05) is 7.11 Å². The van der Waals surface area contributed by atoms with E-state index in [1.165, 1.54) is 19.2 Å². The van der Waals surface area contributed by atoms with E-state index >= 15 is 0 Å². The van der Waals surface area contributed by atoms with Gasteiger partial charge in [-0.2, -0.15) is 0 Å². The second kappa shape index (κ2) is 6.50. The van der Waals surface area contributed by atoms with Gasteiger partial charge in [-0.1, -0.05) is 0 Å². The lowest BCUT2D eigenvalue weighted by Crippen LogP contribution is -2.23. The van der Waals surface area contributed by atoms with Gasteiger partial charge in [-0.3, -0.25) is 9.97 Å². The minimum Gasteiger partial charge on any atom is -0.496 e. The summed E-state index contributed by atoms with van der Waals surface area (Å²) in [6.45, 7) is 1.90. The molecule has 6 nitrogen and oxygen atoms in total. The molecule has 0 radical (unpaired) electrons. The average molecular weight is 372 g/mol. The molecular formula is C13H14BrN3O3S. The fourth-order valence-electron chi connectivity index (χ4n) is 1.58. The van der Waals surface area contributed by atoms with Crippen LogP contribution in [0.4, 0.5) is 0 Å². The Balaban J connectivity index is 2.14. The summed E-state index contributed by atoms with van der Waals surface area (Å²) < 4.78 is 32.5. The Hall–Kier alpha value is -1.51. The van der Waals surface area contributed by atoms with Crippen molar-refractivity contribution < 1.29 is 13.2 Å². The van der Waals surface area contributed by atoms with Crippen molar-refractivity contribution in [3.05, 3.63) is 46.5 Å². The van der Waals surface area contributed by atoms with Crippen LogP contribution in [-0.4, -0.2) is 25.5 Å². The first-order chi connectivity index (χ1) is 9.92. The van der Waals surface area contributed by atoms with Crippen LogP contribution in [0.1, 0.15) is 11.4 Å². The van der Waals surface area contributed by atoms with Crippen molar-refractivity contribution in [2.45, 2.75) is 18.4 Å². The van der Waals surface area contributed by atoms with Crippen LogP contribution in [0.2, 0.25) is 0 Å². The van der Waals surface area contributed by atoms with E-state index in [2.05, 4.69) is 30.6 Å². The van der Waals surface area contributed by atoms with Crippen LogP contribution in [0.25, 0.3) is 0 Å². The zero-order valence-corrected chi connectivity index (χ0v) is 13.9. The number of methoxy groups -OCH3 is 1. The molecule has 21 heavy (non-hydrogen) atoms. The van der Waals surface area contributed by atoms with E-state index < -0.39 is 10.0 Å². The molecule has 0 saturated carbocycles. The van der Waals surface area contributed by atoms with Crippen molar-refractivity contribution >= 4 is 26.0 Å². The standard InChI is InChI=1S/C13H14BrN3O3S/c1-9-6-16-10(7-15-9)8-17-21(18,19)11-3-4-13(20-2)12(14)5-11/h3-7,17H,8H2,1-2H3. The molecule has 0 aliphatic carbocycles. The minimum absolute atomic E-state index is 0.0826. The first-order valence-corrected chi connectivity index (χ1v) is 8.31. The van der Waals surface area contributed by atoms with E-state index in [9.17, 15) is 8.42 Å². The second-order valence-corrected chi connectivity index (χ2v) is 6.89. The van der Waals surface area contributed by atoms with Crippen LogP contribution in [0.3, 0.4) is 0 Å². The minimum atomic E-state index is -3.62. The third kappa shape index (κ3) is 3.99. The Labute approximate surface area is 131 Å². The molecule has 0 saturated heterocycles. The lowest BCUT2D eigenvalue weighted by atomic mass is 10.3. The number of aryl methyl sites for hydroxylation is 1. The highest BCUT2D eigenvalue weighted by Gasteiger charge is 2.16. The lowest BCUT2D eigenvalue weighted by molar-refractivity contribution is 0.411. The summed E-state index contributed by atoms with van der Waals surface area (Å²) in [6, 6.07) is 4.55. The van der Waals surface area contributed by atoms with E-state index in [4.69, 9.17) is 4.74 Å². The van der Waals surface area contributed by atoms with E-state index in [0.717, 1.165) is 5.69 Å². The van der Waals surface area contributed by atoms with Gasteiger partial charge in [-0.05, 0) is 41.1 Å². The van der Waals surface area contributed by atoms with Crippen LogP contribution in [0, 0.1) is 6.92 Å². The summed E-state index contributed by atoms with van der Waals surface area (Å²) >= 11 is 3.26. The molecule has 2 rings (SSSR count). The normalized spacial score (nSPS) is 11.4. The molecule has 1 heterocycles. The highest BCUT2D eigenvalue weighted by molar-refractivity contribution is 9.10. The zero-order valence-electron chi connectivity index (χ0n) is 11.5. The summed E-state index contributed by atoms with van der Waals surface area (Å²) in [4.78, 5) is 8.32. The van der Waals surface area contributed by atoms with Gasteiger partial charge < -0.3 is 4.74 Å². The molecule has 0 amide bonds. The molecule has 0 aliphatic rings. The van der Waals surface area contributed by atoms with Gasteiger partial charge in [0.05, 0.1) is 40.6 Å². The summed E-state index contributed by atoms with van der Waals surface area (Å²) in [7, 11) is -2.10. The fourth-order valence-corrected chi connectivity index (χ4v) is 3.29. The summed E-state index contributed by atoms with van der Waals surface area (Å²) in [5.74, 6) is 0.568. The smallest absolute Gasteiger partial charge is 0.240 e. The Morgan fingerprint density at radius 2 is 2.05 bits per heavy atom. The molecule has 0 atom stereocenters. The molecule has 0 fully saturated rings. The van der Waals surface area contributed by atoms with Crippen molar-refractivity contribution in [1.82, 2.24) is 14.7 Å². The van der Waals surface area contributed by atoms with Gasteiger partial charge in [0.15, 0.2) is 0 Å². The Morgan fingerprint density at radius 3 is 2.62 bits per heavy atom. The predicted octanol–water partition coefficient (Wildman–Crippen LogP) is 2.03. The number of ether oxygens (including phenoxy) is 1. The molecule has 112 valence electrons. The molecule has 2 aromatic rings. The maximum Gasteiger partial charge on any atom is 0.240 e. The number of hydrogen-bond acceptors (Lipinski definition) is 5. The monoisotopic (exact) mass is 371 g/mol. The van der Waals surface area contributed by atoms with E-state index in [1.54, 1.807) is 18.5 Å². The predicted molar refractivity (Wildman–Crippen MR) is 81.5 cm³/mol. The highest BCUT2D eigenvalue weighted by Crippen LogP contribution is 2.27. The van der Waals surface area contributed by atoms with Crippen LogP contribution in [-0.2, 0) is 16.6 Å². The number of aromatic nitrogens is 2. The number of halogens is 1. The Bertz CT molecular complexity index is 733. The van der Waals surface area contributed by atoms with Gasteiger partial charge in [0.25, 0.3) is 0 Å². The molecule has 0 bridgehead atoms.